The molecule has 2 aromatic carbocycles. The van der Waals surface area contributed by atoms with E-state index >= 15 is 4.39 Å². The van der Waals surface area contributed by atoms with Crippen molar-refractivity contribution in [2.45, 2.75) is 40.2 Å². The number of benzene rings is 2. The number of ether oxygens (including phenoxy) is 1. The van der Waals surface area contributed by atoms with E-state index in [1.165, 1.54) is 26.7 Å². The van der Waals surface area contributed by atoms with Crippen molar-refractivity contribution in [3.63, 3.8) is 0 Å². The lowest BCUT2D eigenvalue weighted by molar-refractivity contribution is 0.213. The third-order valence-electron chi connectivity index (χ3n) is 5.51. The van der Waals surface area contributed by atoms with Crippen molar-refractivity contribution in [2.75, 3.05) is 14.2 Å². The van der Waals surface area contributed by atoms with Crippen LogP contribution in [0.4, 0.5) is 4.39 Å². The number of aryl methyl sites for hydroxylation is 2. The highest BCUT2D eigenvalue weighted by Crippen LogP contribution is 2.27. The number of oxime groups is 1. The Morgan fingerprint density at radius 1 is 1.18 bits per heavy atom. The summed E-state index contributed by atoms with van der Waals surface area (Å²) in [6.07, 6.45) is 2.73. The fourth-order valence-electron chi connectivity index (χ4n) is 3.66. The predicted molar refractivity (Wildman–Crippen MR) is 132 cm³/mol. The van der Waals surface area contributed by atoms with Gasteiger partial charge in [0.1, 0.15) is 18.8 Å². The van der Waals surface area contributed by atoms with Crippen molar-refractivity contribution in [1.29, 1.82) is 0 Å². The van der Waals surface area contributed by atoms with E-state index in [4.69, 9.17) is 9.57 Å². The molecule has 0 amide bonds. The van der Waals surface area contributed by atoms with Crippen LogP contribution in [0.2, 0.25) is 0 Å². The predicted octanol–water partition coefficient (Wildman–Crippen LogP) is 4.65. The first-order valence-corrected chi connectivity index (χ1v) is 11.0. The Hall–Kier alpha value is -3.81. The molecule has 1 aromatic heterocycles. The van der Waals surface area contributed by atoms with Gasteiger partial charge in [0.25, 0.3) is 5.56 Å². The molecule has 0 radical (unpaired) electrons. The van der Waals surface area contributed by atoms with Crippen LogP contribution in [0.3, 0.4) is 0 Å². The summed E-state index contributed by atoms with van der Waals surface area (Å²) in [4.78, 5) is 26.6. The number of nitrogens with zero attached hydrogens (tertiary/aromatic N) is 4. The number of amidine groups is 1. The van der Waals surface area contributed by atoms with Gasteiger partial charge in [0.15, 0.2) is 6.40 Å². The van der Waals surface area contributed by atoms with Gasteiger partial charge in [0.2, 0.25) is 5.84 Å². The zero-order chi connectivity index (χ0) is 24.7. The molecule has 0 fully saturated rings. The molecule has 178 valence electrons. The van der Waals surface area contributed by atoms with E-state index in [0.29, 0.717) is 46.0 Å². The molecule has 0 saturated heterocycles. The fourth-order valence-corrected chi connectivity index (χ4v) is 3.66. The summed E-state index contributed by atoms with van der Waals surface area (Å²) in [5, 5.41) is 3.97. The first-order chi connectivity index (χ1) is 16.4. The maximum atomic E-state index is 15.3. The molecular formula is C26H29FN4O3. The van der Waals surface area contributed by atoms with Crippen LogP contribution in [0.5, 0.6) is 0 Å². The Morgan fingerprint density at radius 2 is 1.94 bits per heavy atom. The number of hydrogen-bond acceptors (Lipinski definition) is 5. The van der Waals surface area contributed by atoms with Crippen LogP contribution in [0.15, 0.2) is 57.4 Å². The molecule has 34 heavy (non-hydrogen) atoms. The maximum Gasteiger partial charge on any atom is 0.256 e. The summed E-state index contributed by atoms with van der Waals surface area (Å²) in [7, 11) is 2.91. The second kappa shape index (κ2) is 11.4. The highest BCUT2D eigenvalue weighted by atomic mass is 19.1. The minimum atomic E-state index is -0.412. The molecule has 0 aliphatic rings. The van der Waals surface area contributed by atoms with Crippen molar-refractivity contribution >= 4 is 12.2 Å². The van der Waals surface area contributed by atoms with Crippen LogP contribution in [0.1, 0.15) is 41.6 Å². The molecule has 0 atom stereocenters. The summed E-state index contributed by atoms with van der Waals surface area (Å²) < 4.78 is 21.8. The van der Waals surface area contributed by atoms with Crippen molar-refractivity contribution in [2.24, 2.45) is 10.1 Å². The number of halogens is 1. The molecule has 3 aromatic rings. The van der Waals surface area contributed by atoms with Crippen LogP contribution in [0, 0.1) is 19.7 Å². The minimum absolute atomic E-state index is 0.116. The average molecular weight is 465 g/mol. The first kappa shape index (κ1) is 24.8. The van der Waals surface area contributed by atoms with Gasteiger partial charge in [-0.2, -0.15) is 4.99 Å². The van der Waals surface area contributed by atoms with Crippen molar-refractivity contribution < 1.29 is 14.0 Å². The van der Waals surface area contributed by atoms with E-state index in [2.05, 4.69) is 15.1 Å². The zero-order valence-electron chi connectivity index (χ0n) is 20.1. The average Bonchev–Trinajstić information content (AvgIpc) is 2.84. The standard InChI is InChI=1S/C26H29FN4O3/c1-6-9-24-29-18(3)17(2)26(32)31(24)15-20-13-12-19(14-23(20)27)21-10-7-8-11-22(21)25(30-34-5)28-16-33-4/h7-8,10-14,16H,6,9,15H2,1-5H3/b28-16?,30-25-. The van der Waals surface area contributed by atoms with E-state index in [1.807, 2.05) is 44.2 Å². The molecular weight excluding hydrogens is 435 g/mol. The number of aromatic nitrogens is 2. The SMILES string of the molecule is CCCc1nc(C)c(C)c(=O)n1Cc1ccc(-c2ccccc2/C(N=COC)=N/OC)cc1F. The van der Waals surface area contributed by atoms with Gasteiger partial charge < -0.3 is 9.57 Å². The van der Waals surface area contributed by atoms with Crippen molar-refractivity contribution in [3.8, 4) is 11.1 Å². The van der Waals surface area contributed by atoms with E-state index in [9.17, 15) is 4.79 Å². The van der Waals surface area contributed by atoms with Gasteiger partial charge in [0, 0.05) is 28.8 Å². The summed E-state index contributed by atoms with van der Waals surface area (Å²) in [6.45, 7) is 5.71. The Balaban J connectivity index is 2.03. The Morgan fingerprint density at radius 3 is 2.62 bits per heavy atom. The summed E-state index contributed by atoms with van der Waals surface area (Å²) in [5.41, 5.74) is 3.59. The largest absolute Gasteiger partial charge is 0.486 e. The minimum Gasteiger partial charge on any atom is -0.486 e. The molecule has 8 heteroatoms. The van der Waals surface area contributed by atoms with E-state index in [1.54, 1.807) is 17.6 Å². The fraction of sp³-hybridized carbons (Fsp3) is 0.308. The van der Waals surface area contributed by atoms with Crippen LogP contribution in [-0.2, 0) is 22.5 Å². The molecule has 0 spiro atoms. The van der Waals surface area contributed by atoms with Crippen molar-refractivity contribution in [1.82, 2.24) is 9.55 Å². The third kappa shape index (κ3) is 5.39. The highest BCUT2D eigenvalue weighted by molar-refractivity contribution is 6.06. The molecule has 0 bridgehead atoms. The van der Waals surface area contributed by atoms with Gasteiger partial charge in [-0.05, 0) is 37.5 Å². The molecule has 0 saturated carbocycles. The van der Waals surface area contributed by atoms with Gasteiger partial charge in [-0.15, -0.1) is 0 Å². The van der Waals surface area contributed by atoms with Gasteiger partial charge >= 0.3 is 0 Å². The number of hydrogen-bond donors (Lipinski definition) is 0. The molecule has 7 nitrogen and oxygen atoms in total. The van der Waals surface area contributed by atoms with Crippen LogP contribution in [-0.4, -0.2) is 36.0 Å². The van der Waals surface area contributed by atoms with E-state index < -0.39 is 5.82 Å². The molecule has 0 aliphatic heterocycles. The van der Waals surface area contributed by atoms with Crippen LogP contribution in [0.25, 0.3) is 11.1 Å². The summed E-state index contributed by atoms with van der Waals surface area (Å²) >= 11 is 0. The second-order valence-electron chi connectivity index (χ2n) is 7.80. The van der Waals surface area contributed by atoms with Crippen LogP contribution < -0.4 is 5.56 Å². The topological polar surface area (TPSA) is 78.1 Å². The highest BCUT2D eigenvalue weighted by Gasteiger charge is 2.16. The number of methoxy groups -OCH3 is 1. The normalized spacial score (nSPS) is 11.8. The van der Waals surface area contributed by atoms with Crippen molar-refractivity contribution in [3.05, 3.63) is 86.8 Å². The third-order valence-corrected chi connectivity index (χ3v) is 5.51. The Kier molecular flexibility index (Phi) is 8.29. The van der Waals surface area contributed by atoms with Gasteiger partial charge in [-0.1, -0.05) is 48.5 Å². The van der Waals surface area contributed by atoms with E-state index in [-0.39, 0.29) is 12.1 Å². The number of rotatable bonds is 8. The monoisotopic (exact) mass is 464 g/mol. The Labute approximate surface area is 198 Å². The summed E-state index contributed by atoms with van der Waals surface area (Å²) in [5.74, 6) is 0.549. The lowest BCUT2D eigenvalue weighted by Crippen LogP contribution is -2.29. The van der Waals surface area contributed by atoms with Gasteiger partial charge in [-0.25, -0.2) is 9.37 Å². The smallest absolute Gasteiger partial charge is 0.256 e. The quantitative estimate of drug-likeness (QED) is 0.276. The Bertz CT molecular complexity index is 1280. The van der Waals surface area contributed by atoms with E-state index in [0.717, 1.165) is 12.0 Å². The first-order valence-electron chi connectivity index (χ1n) is 11.0. The maximum absolute atomic E-state index is 15.3. The van der Waals surface area contributed by atoms with Gasteiger partial charge in [0.05, 0.1) is 13.7 Å². The lowest BCUT2D eigenvalue weighted by atomic mass is 9.97. The molecule has 0 unspecified atom stereocenters. The number of aliphatic imine (C=N–C) groups is 1. The second-order valence-corrected chi connectivity index (χ2v) is 7.80. The lowest BCUT2D eigenvalue weighted by Gasteiger charge is -2.15. The van der Waals surface area contributed by atoms with Gasteiger partial charge in [-0.3, -0.25) is 9.36 Å². The van der Waals surface area contributed by atoms with Crippen LogP contribution >= 0.6 is 0 Å². The summed E-state index contributed by atoms with van der Waals surface area (Å²) in [6, 6.07) is 12.3. The molecule has 1 heterocycles. The molecule has 0 aliphatic carbocycles. The molecule has 3 rings (SSSR count). The molecule has 0 N–H and O–H groups in total. The zero-order valence-corrected chi connectivity index (χ0v) is 20.1.